The number of sulfonamides is 1. The Labute approximate surface area is 217 Å². The van der Waals surface area contributed by atoms with Crippen LogP contribution in [0.5, 0.6) is 0 Å². The molecule has 1 amide bonds. The molecule has 0 saturated carbocycles. The summed E-state index contributed by atoms with van der Waals surface area (Å²) in [5, 5.41) is 16.5. The van der Waals surface area contributed by atoms with Crippen LogP contribution >= 0.6 is 0 Å². The quantitative estimate of drug-likeness (QED) is 0.387. The summed E-state index contributed by atoms with van der Waals surface area (Å²) in [6.07, 6.45) is 1.65. The normalized spacial score (nSPS) is 15.8. The number of carbonyl (C=O) groups is 1. The van der Waals surface area contributed by atoms with Crippen molar-refractivity contribution in [2.45, 2.75) is 24.4 Å². The summed E-state index contributed by atoms with van der Waals surface area (Å²) in [5.74, 6) is -0.198. The number of nitrogens with one attached hydrogen (secondary N) is 1. The number of carbonyl (C=O) groups excluding carboxylic acids is 1. The van der Waals surface area contributed by atoms with Crippen LogP contribution in [0, 0.1) is 0 Å². The molecule has 196 valence electrons. The highest BCUT2D eigenvalue weighted by Gasteiger charge is 2.24. The number of amides is 1. The lowest BCUT2D eigenvalue weighted by molar-refractivity contribution is -0.123. The Morgan fingerprint density at radius 3 is 2.32 bits per heavy atom. The van der Waals surface area contributed by atoms with Crippen LogP contribution in [0.15, 0.2) is 77.8 Å². The number of aromatic nitrogens is 3. The van der Waals surface area contributed by atoms with Crippen LogP contribution < -0.4 is 10.5 Å². The van der Waals surface area contributed by atoms with E-state index in [-0.39, 0.29) is 10.8 Å². The Balaban J connectivity index is 1.28. The molecule has 37 heavy (non-hydrogen) atoms. The van der Waals surface area contributed by atoms with E-state index < -0.39 is 16.1 Å². The second kappa shape index (κ2) is 11.8. The second-order valence-electron chi connectivity index (χ2n) is 9.30. The van der Waals surface area contributed by atoms with Crippen LogP contribution in [-0.4, -0.2) is 78.4 Å². The maximum Gasteiger partial charge on any atom is 0.249 e. The summed E-state index contributed by atoms with van der Waals surface area (Å²) < 4.78 is 24.4. The second-order valence-corrected chi connectivity index (χ2v) is 10.9. The van der Waals surface area contributed by atoms with Crippen molar-refractivity contribution >= 4 is 15.9 Å². The van der Waals surface area contributed by atoms with E-state index in [0.717, 1.165) is 39.3 Å². The molecule has 0 aliphatic carbocycles. The van der Waals surface area contributed by atoms with E-state index in [1.54, 1.807) is 25.3 Å². The highest BCUT2D eigenvalue weighted by Crippen LogP contribution is 2.22. The zero-order valence-corrected chi connectivity index (χ0v) is 21.8. The first-order valence-electron chi connectivity index (χ1n) is 12.2. The Hall–Kier alpha value is -3.38. The molecule has 4 rings (SSSR count). The van der Waals surface area contributed by atoms with Gasteiger partial charge in [0.05, 0.1) is 11.1 Å². The fourth-order valence-corrected chi connectivity index (χ4v) is 4.88. The third-order valence-electron chi connectivity index (χ3n) is 6.41. The van der Waals surface area contributed by atoms with Gasteiger partial charge in [-0.2, -0.15) is 0 Å². The van der Waals surface area contributed by atoms with Gasteiger partial charge < -0.3 is 5.32 Å². The Kier molecular flexibility index (Phi) is 8.49. The highest BCUT2D eigenvalue weighted by atomic mass is 32.2. The first-order valence-corrected chi connectivity index (χ1v) is 13.7. The topological polar surface area (TPSA) is 126 Å². The molecule has 11 heteroatoms. The smallest absolute Gasteiger partial charge is 0.249 e. The van der Waals surface area contributed by atoms with E-state index in [9.17, 15) is 13.2 Å². The molecular weight excluding hydrogens is 490 g/mol. The minimum Gasteiger partial charge on any atom is -0.353 e. The monoisotopic (exact) mass is 523 g/mol. The predicted molar refractivity (Wildman–Crippen MR) is 142 cm³/mol. The first kappa shape index (κ1) is 26.7. The summed E-state index contributed by atoms with van der Waals surface area (Å²) >= 11 is 0. The van der Waals surface area contributed by atoms with Crippen molar-refractivity contribution in [1.82, 2.24) is 30.1 Å². The predicted octanol–water partition coefficient (Wildman–Crippen LogP) is 1.64. The van der Waals surface area contributed by atoms with Crippen molar-refractivity contribution in [3.05, 3.63) is 78.5 Å². The van der Waals surface area contributed by atoms with Crippen LogP contribution in [0.3, 0.4) is 0 Å². The molecule has 3 aromatic rings. The molecule has 1 fully saturated rings. The van der Waals surface area contributed by atoms with Gasteiger partial charge in [-0.05, 0) is 30.2 Å². The van der Waals surface area contributed by atoms with Crippen LogP contribution in [0.2, 0.25) is 0 Å². The molecular formula is C26H33N7O3S. The highest BCUT2D eigenvalue weighted by molar-refractivity contribution is 7.89. The van der Waals surface area contributed by atoms with E-state index in [0.29, 0.717) is 23.4 Å². The number of hydrogen-bond acceptors (Lipinski definition) is 7. The van der Waals surface area contributed by atoms with Gasteiger partial charge in [-0.25, -0.2) is 18.2 Å². The van der Waals surface area contributed by atoms with Gasteiger partial charge in [0, 0.05) is 51.4 Å². The third-order valence-corrected chi connectivity index (χ3v) is 7.34. The number of benzene rings is 2. The van der Waals surface area contributed by atoms with E-state index in [2.05, 4.69) is 56.3 Å². The molecule has 1 aromatic heterocycles. The van der Waals surface area contributed by atoms with E-state index in [1.807, 2.05) is 6.07 Å². The van der Waals surface area contributed by atoms with Gasteiger partial charge in [0.25, 0.3) is 0 Å². The van der Waals surface area contributed by atoms with Crippen molar-refractivity contribution in [1.29, 1.82) is 0 Å². The lowest BCUT2D eigenvalue weighted by Crippen LogP contribution is -2.48. The number of primary sulfonamides is 1. The SMILES string of the molecule is C=C(C)[C@@H](C(=O)NCCN1CCN(Cc2ccccc2)CC1)n1cc(-c2ccc(S(N)(=O)=O)cc2)nn1. The largest absolute Gasteiger partial charge is 0.353 e. The molecule has 1 saturated heterocycles. The zero-order valence-electron chi connectivity index (χ0n) is 21.0. The van der Waals surface area contributed by atoms with Gasteiger partial charge in [0.15, 0.2) is 6.04 Å². The van der Waals surface area contributed by atoms with Crippen LogP contribution in [-0.2, 0) is 21.4 Å². The number of hydrogen-bond donors (Lipinski definition) is 2. The average Bonchev–Trinajstić information content (AvgIpc) is 3.35. The van der Waals surface area contributed by atoms with Crippen LogP contribution in [0.4, 0.5) is 0 Å². The van der Waals surface area contributed by atoms with Gasteiger partial charge in [-0.1, -0.05) is 54.3 Å². The summed E-state index contributed by atoms with van der Waals surface area (Å²) in [7, 11) is -3.78. The van der Waals surface area contributed by atoms with E-state index >= 15 is 0 Å². The van der Waals surface area contributed by atoms with Gasteiger partial charge in [0.1, 0.15) is 5.69 Å². The molecule has 2 aromatic carbocycles. The van der Waals surface area contributed by atoms with Gasteiger partial charge >= 0.3 is 0 Å². The molecule has 3 N–H and O–H groups in total. The van der Waals surface area contributed by atoms with Crippen LogP contribution in [0.1, 0.15) is 18.5 Å². The van der Waals surface area contributed by atoms with E-state index in [4.69, 9.17) is 5.14 Å². The minimum absolute atomic E-state index is 0.0143. The number of piperazine rings is 1. The van der Waals surface area contributed by atoms with Gasteiger partial charge in [-0.15, -0.1) is 5.10 Å². The molecule has 2 heterocycles. The van der Waals surface area contributed by atoms with Gasteiger partial charge in [-0.3, -0.25) is 14.6 Å². The van der Waals surface area contributed by atoms with E-state index in [1.165, 1.54) is 22.4 Å². The summed E-state index contributed by atoms with van der Waals surface area (Å²) in [5.41, 5.74) is 3.12. The molecule has 0 bridgehead atoms. The molecule has 0 radical (unpaired) electrons. The Morgan fingerprint density at radius 1 is 1.05 bits per heavy atom. The van der Waals surface area contributed by atoms with Crippen LogP contribution in [0.25, 0.3) is 11.3 Å². The Morgan fingerprint density at radius 2 is 1.70 bits per heavy atom. The molecule has 1 atom stereocenters. The molecule has 10 nitrogen and oxygen atoms in total. The zero-order chi connectivity index (χ0) is 26.4. The number of nitrogens with zero attached hydrogens (tertiary/aromatic N) is 5. The fourth-order valence-electron chi connectivity index (χ4n) is 4.37. The third kappa shape index (κ3) is 7.10. The first-order chi connectivity index (χ1) is 17.7. The van der Waals surface area contributed by atoms with Crippen molar-refractivity contribution in [3.63, 3.8) is 0 Å². The summed E-state index contributed by atoms with van der Waals surface area (Å²) in [6, 6.07) is 15.8. The summed E-state index contributed by atoms with van der Waals surface area (Å²) in [6.45, 7) is 11.9. The fraction of sp³-hybridized carbons (Fsp3) is 0.346. The van der Waals surface area contributed by atoms with Crippen molar-refractivity contribution < 1.29 is 13.2 Å². The number of nitrogens with two attached hydrogens (primary N) is 1. The van der Waals surface area contributed by atoms with Crippen molar-refractivity contribution in [2.24, 2.45) is 5.14 Å². The number of rotatable bonds is 10. The average molecular weight is 524 g/mol. The summed E-state index contributed by atoms with van der Waals surface area (Å²) in [4.78, 5) is 17.8. The lowest BCUT2D eigenvalue weighted by Gasteiger charge is -2.34. The molecule has 1 aliphatic heterocycles. The van der Waals surface area contributed by atoms with Crippen molar-refractivity contribution in [3.8, 4) is 11.3 Å². The van der Waals surface area contributed by atoms with Gasteiger partial charge in [0.2, 0.25) is 15.9 Å². The lowest BCUT2D eigenvalue weighted by atomic mass is 10.1. The maximum absolute atomic E-state index is 13.0. The maximum atomic E-state index is 13.0. The Bertz CT molecular complexity index is 1320. The standard InChI is InChI=1S/C26H33N7O3S/c1-20(2)25(33-19-24(29-30-33)22-8-10-23(11-9-22)37(27,35)36)26(34)28-12-13-31-14-16-32(17-15-31)18-21-6-4-3-5-7-21/h3-11,19,25H,1,12-18H2,2H3,(H,28,34)(H2,27,35,36)/t25-/m0/s1. The molecule has 1 aliphatic rings. The molecule has 0 unspecified atom stereocenters. The van der Waals surface area contributed by atoms with Crippen molar-refractivity contribution in [2.75, 3.05) is 39.3 Å². The molecule has 0 spiro atoms. The minimum atomic E-state index is -3.78.